The number of ether oxygens (including phenoxy) is 1. The van der Waals surface area contributed by atoms with Crippen LogP contribution in [0.15, 0.2) is 9.59 Å². The molecule has 112 valence electrons. The number of aryl methyl sites for hydroxylation is 1. The lowest BCUT2D eigenvalue weighted by molar-refractivity contribution is 0.145. The number of nitrogens with two attached hydrogens (primary N) is 1. The Morgan fingerprint density at radius 2 is 1.90 bits per heavy atom. The molecule has 1 aromatic rings. The fourth-order valence-corrected chi connectivity index (χ4v) is 2.76. The highest BCUT2D eigenvalue weighted by molar-refractivity contribution is 5.01. The second-order valence-electron chi connectivity index (χ2n) is 5.43. The zero-order valence-corrected chi connectivity index (χ0v) is 12.0. The maximum absolute atomic E-state index is 11.9. The third-order valence-corrected chi connectivity index (χ3v) is 4.10. The van der Waals surface area contributed by atoms with E-state index < -0.39 is 11.2 Å². The molecule has 20 heavy (non-hydrogen) atoms. The quantitative estimate of drug-likeness (QED) is 0.813. The van der Waals surface area contributed by atoms with Crippen LogP contribution in [-0.4, -0.2) is 27.5 Å². The average molecular weight is 282 g/mol. The summed E-state index contributed by atoms with van der Waals surface area (Å²) in [5.74, 6) is 0.786. The molecule has 2 rings (SSSR count). The lowest BCUT2D eigenvalue weighted by Crippen LogP contribution is -2.40. The van der Waals surface area contributed by atoms with E-state index >= 15 is 0 Å². The summed E-state index contributed by atoms with van der Waals surface area (Å²) in [5, 5.41) is 3.89. The highest BCUT2D eigenvalue weighted by atomic mass is 16.5. The topological polar surface area (TPSA) is 92.1 Å². The maximum atomic E-state index is 11.9. The molecule has 1 heterocycles. The van der Waals surface area contributed by atoms with Crippen molar-refractivity contribution >= 4 is 0 Å². The predicted octanol–water partition coefficient (Wildman–Crippen LogP) is -0.377. The number of rotatable bonds is 4. The van der Waals surface area contributed by atoms with Crippen molar-refractivity contribution in [3.8, 4) is 5.88 Å². The van der Waals surface area contributed by atoms with E-state index in [4.69, 9.17) is 10.5 Å². The Kier molecular flexibility index (Phi) is 4.59. The zero-order valence-electron chi connectivity index (χ0n) is 12.0. The van der Waals surface area contributed by atoms with E-state index in [1.54, 1.807) is 0 Å². The number of aromatic nitrogens is 3. The van der Waals surface area contributed by atoms with Gasteiger partial charge in [-0.3, -0.25) is 9.36 Å². The normalized spacial score (nSPS) is 22.8. The van der Waals surface area contributed by atoms with Gasteiger partial charge in [0.2, 0.25) is 0 Å². The lowest BCUT2D eigenvalue weighted by atomic mass is 9.80. The van der Waals surface area contributed by atoms with E-state index in [2.05, 4.69) is 5.10 Å². The third-order valence-electron chi connectivity index (χ3n) is 4.10. The number of nitrogens with zero attached hydrogens (tertiary/aromatic N) is 3. The van der Waals surface area contributed by atoms with Crippen molar-refractivity contribution in [3.05, 3.63) is 20.8 Å². The second-order valence-corrected chi connectivity index (χ2v) is 5.43. The first-order valence-corrected chi connectivity index (χ1v) is 7.01. The Labute approximate surface area is 117 Å². The molecule has 7 heteroatoms. The third kappa shape index (κ3) is 2.92. The molecule has 1 aliphatic carbocycles. The summed E-state index contributed by atoms with van der Waals surface area (Å²) in [6.45, 7) is 1.08. The molecular formula is C13H22N4O3. The standard InChI is InChI=1S/C13H22N4O3/c1-16-12(18)11(15-17(2)13(16)19)20-8-10-6-4-3-5-9(10)7-14/h9-10H,3-8,14H2,1-2H3. The van der Waals surface area contributed by atoms with E-state index in [0.717, 1.165) is 22.1 Å². The smallest absolute Gasteiger partial charge is 0.347 e. The molecular weight excluding hydrogens is 260 g/mol. The molecule has 0 aliphatic heterocycles. The average Bonchev–Trinajstić information content (AvgIpc) is 2.47. The van der Waals surface area contributed by atoms with Gasteiger partial charge in [-0.2, -0.15) is 0 Å². The van der Waals surface area contributed by atoms with E-state index in [0.29, 0.717) is 25.0 Å². The molecule has 0 amide bonds. The molecule has 1 saturated carbocycles. The molecule has 2 N–H and O–H groups in total. The van der Waals surface area contributed by atoms with E-state index in [-0.39, 0.29) is 5.88 Å². The zero-order chi connectivity index (χ0) is 14.7. The van der Waals surface area contributed by atoms with Crippen LogP contribution in [0, 0.1) is 11.8 Å². The minimum absolute atomic E-state index is 0.0176. The van der Waals surface area contributed by atoms with Crippen LogP contribution in [0.25, 0.3) is 0 Å². The molecule has 2 atom stereocenters. The van der Waals surface area contributed by atoms with Crippen LogP contribution in [0.4, 0.5) is 0 Å². The van der Waals surface area contributed by atoms with Gasteiger partial charge < -0.3 is 10.5 Å². The Hall–Kier alpha value is -1.63. The summed E-state index contributed by atoms with van der Waals surface area (Å²) in [6.07, 6.45) is 4.55. The largest absolute Gasteiger partial charge is 0.472 e. The van der Waals surface area contributed by atoms with Gasteiger partial charge in [0.05, 0.1) is 6.61 Å². The number of hydrogen-bond donors (Lipinski definition) is 1. The molecule has 1 aliphatic rings. The van der Waals surface area contributed by atoms with Crippen LogP contribution in [-0.2, 0) is 14.1 Å². The minimum atomic E-state index is -0.492. The first-order chi connectivity index (χ1) is 9.54. The first-order valence-electron chi connectivity index (χ1n) is 7.01. The second kappa shape index (κ2) is 6.21. The van der Waals surface area contributed by atoms with Gasteiger partial charge in [-0.25, -0.2) is 9.48 Å². The van der Waals surface area contributed by atoms with Gasteiger partial charge in [0, 0.05) is 14.1 Å². The van der Waals surface area contributed by atoms with Crippen LogP contribution in [0.3, 0.4) is 0 Å². The van der Waals surface area contributed by atoms with Crippen molar-refractivity contribution in [2.75, 3.05) is 13.2 Å². The molecule has 1 fully saturated rings. The van der Waals surface area contributed by atoms with Gasteiger partial charge in [0.1, 0.15) is 0 Å². The molecule has 0 radical (unpaired) electrons. The molecule has 7 nitrogen and oxygen atoms in total. The molecule has 2 unspecified atom stereocenters. The molecule has 1 aromatic heterocycles. The van der Waals surface area contributed by atoms with Gasteiger partial charge >= 0.3 is 11.2 Å². The van der Waals surface area contributed by atoms with Crippen LogP contribution >= 0.6 is 0 Å². The summed E-state index contributed by atoms with van der Waals surface area (Å²) >= 11 is 0. The SMILES string of the molecule is Cn1nc(OCC2CCCCC2CN)c(=O)n(C)c1=O. The Balaban J connectivity index is 2.11. The van der Waals surface area contributed by atoms with Crippen LogP contribution in [0.2, 0.25) is 0 Å². The van der Waals surface area contributed by atoms with E-state index in [1.165, 1.54) is 26.9 Å². The van der Waals surface area contributed by atoms with Crippen molar-refractivity contribution in [1.82, 2.24) is 14.3 Å². The van der Waals surface area contributed by atoms with Crippen molar-refractivity contribution in [2.45, 2.75) is 25.7 Å². The first kappa shape index (κ1) is 14.8. The van der Waals surface area contributed by atoms with Crippen LogP contribution < -0.4 is 21.7 Å². The Morgan fingerprint density at radius 1 is 1.25 bits per heavy atom. The van der Waals surface area contributed by atoms with Gasteiger partial charge in [-0.1, -0.05) is 12.8 Å². The maximum Gasteiger partial charge on any atom is 0.347 e. The Bertz CT molecular complexity index is 578. The van der Waals surface area contributed by atoms with Crippen LogP contribution in [0.1, 0.15) is 25.7 Å². The predicted molar refractivity (Wildman–Crippen MR) is 74.7 cm³/mol. The summed E-state index contributed by atoms with van der Waals surface area (Å²) in [7, 11) is 2.92. The highest BCUT2D eigenvalue weighted by Gasteiger charge is 2.25. The van der Waals surface area contributed by atoms with Gasteiger partial charge in [-0.05, 0) is 31.2 Å². The van der Waals surface area contributed by atoms with Gasteiger partial charge in [-0.15, -0.1) is 5.10 Å². The van der Waals surface area contributed by atoms with Crippen molar-refractivity contribution in [2.24, 2.45) is 31.7 Å². The highest BCUT2D eigenvalue weighted by Crippen LogP contribution is 2.29. The molecule has 0 saturated heterocycles. The van der Waals surface area contributed by atoms with E-state index in [1.807, 2.05) is 0 Å². The fourth-order valence-electron chi connectivity index (χ4n) is 2.76. The Morgan fingerprint density at radius 3 is 2.55 bits per heavy atom. The summed E-state index contributed by atoms with van der Waals surface area (Å²) in [6, 6.07) is 0. The summed E-state index contributed by atoms with van der Waals surface area (Å²) in [5.41, 5.74) is 4.83. The van der Waals surface area contributed by atoms with Gasteiger partial charge in [0.15, 0.2) is 0 Å². The molecule has 0 spiro atoms. The summed E-state index contributed by atoms with van der Waals surface area (Å²) in [4.78, 5) is 23.4. The van der Waals surface area contributed by atoms with Crippen LogP contribution in [0.5, 0.6) is 5.88 Å². The minimum Gasteiger partial charge on any atom is -0.472 e. The lowest BCUT2D eigenvalue weighted by Gasteiger charge is -2.30. The van der Waals surface area contributed by atoms with Gasteiger partial charge in [0.25, 0.3) is 5.88 Å². The summed E-state index contributed by atoms with van der Waals surface area (Å²) < 4.78 is 7.68. The van der Waals surface area contributed by atoms with Crippen molar-refractivity contribution in [1.29, 1.82) is 0 Å². The van der Waals surface area contributed by atoms with Crippen molar-refractivity contribution in [3.63, 3.8) is 0 Å². The van der Waals surface area contributed by atoms with E-state index in [9.17, 15) is 9.59 Å². The molecule has 0 aromatic carbocycles. The monoisotopic (exact) mass is 282 g/mol. The number of hydrogen-bond acceptors (Lipinski definition) is 5. The van der Waals surface area contributed by atoms with Crippen molar-refractivity contribution < 1.29 is 4.74 Å². The molecule has 0 bridgehead atoms. The fraction of sp³-hybridized carbons (Fsp3) is 0.769.